The molecule has 0 aromatic heterocycles. The molecule has 0 fully saturated rings. The largest absolute Gasteiger partial charge is 0.492 e. The Morgan fingerprint density at radius 1 is 1.04 bits per heavy atom. The van der Waals surface area contributed by atoms with Gasteiger partial charge in [0, 0.05) is 17.8 Å². The summed E-state index contributed by atoms with van der Waals surface area (Å²) in [5.74, 6) is 0.294. The Morgan fingerprint density at radius 2 is 1.68 bits per heavy atom. The quantitative estimate of drug-likeness (QED) is 0.587. The molecule has 0 aliphatic carbocycles. The number of hydrogen-bond donors (Lipinski definition) is 3. The maximum atomic E-state index is 12.5. The van der Waals surface area contributed by atoms with E-state index in [1.54, 1.807) is 48.5 Å². The van der Waals surface area contributed by atoms with E-state index in [1.807, 2.05) is 0 Å². The Morgan fingerprint density at radius 3 is 2.29 bits per heavy atom. The maximum absolute atomic E-state index is 12.5. The van der Waals surface area contributed by atoms with Gasteiger partial charge < -0.3 is 15.4 Å². The monoisotopic (exact) mass is 405 g/mol. The summed E-state index contributed by atoms with van der Waals surface area (Å²) in [4.78, 5) is 12.5. The van der Waals surface area contributed by atoms with Crippen molar-refractivity contribution >= 4 is 27.3 Å². The lowest BCUT2D eigenvalue weighted by Crippen LogP contribution is -2.38. The first-order valence-electron chi connectivity index (χ1n) is 8.89. The molecule has 152 valence electrons. The molecule has 0 heterocycles. The van der Waals surface area contributed by atoms with Gasteiger partial charge in [0.05, 0.1) is 17.5 Å². The zero-order valence-corrected chi connectivity index (χ0v) is 17.4. The lowest BCUT2D eigenvalue weighted by Gasteiger charge is -2.20. The number of anilines is 2. The molecule has 2 aromatic rings. The fraction of sp³-hybridized carbons (Fsp3) is 0.350. The van der Waals surface area contributed by atoms with Crippen molar-refractivity contribution < 1.29 is 17.9 Å². The minimum absolute atomic E-state index is 0.0414. The average Bonchev–Trinajstić information content (AvgIpc) is 2.58. The molecule has 0 spiro atoms. The molecule has 0 aliphatic heterocycles. The maximum Gasteiger partial charge on any atom is 0.257 e. The van der Waals surface area contributed by atoms with E-state index in [0.29, 0.717) is 18.0 Å². The minimum Gasteiger partial charge on any atom is -0.492 e. The molecule has 3 N–H and O–H groups in total. The molecule has 0 unspecified atom stereocenters. The fourth-order valence-corrected chi connectivity index (χ4v) is 2.98. The van der Waals surface area contributed by atoms with Crippen molar-refractivity contribution in [3.8, 4) is 5.75 Å². The zero-order valence-electron chi connectivity index (χ0n) is 16.6. The van der Waals surface area contributed by atoms with Crippen molar-refractivity contribution in [3.63, 3.8) is 0 Å². The van der Waals surface area contributed by atoms with Crippen molar-refractivity contribution in [2.75, 3.05) is 29.4 Å². The molecule has 0 saturated carbocycles. The normalized spacial score (nSPS) is 11.7. The molecule has 8 heteroatoms. The molecule has 0 atom stereocenters. The van der Waals surface area contributed by atoms with Gasteiger partial charge in [-0.25, -0.2) is 8.42 Å². The van der Waals surface area contributed by atoms with Crippen LogP contribution in [0.2, 0.25) is 0 Å². The van der Waals surface area contributed by atoms with Gasteiger partial charge >= 0.3 is 0 Å². The number of carbonyl (C=O) groups excluding carboxylic acids is 1. The highest BCUT2D eigenvalue weighted by atomic mass is 32.2. The number of sulfonamides is 1. The highest BCUT2D eigenvalue weighted by molar-refractivity contribution is 7.92. The third kappa shape index (κ3) is 7.58. The van der Waals surface area contributed by atoms with Gasteiger partial charge in [-0.05, 0) is 57.2 Å². The molecule has 0 saturated heterocycles. The van der Waals surface area contributed by atoms with Crippen LogP contribution in [0.5, 0.6) is 5.75 Å². The first-order chi connectivity index (χ1) is 13.0. The molecule has 0 aliphatic rings. The van der Waals surface area contributed by atoms with Crippen LogP contribution in [0.1, 0.15) is 31.1 Å². The predicted octanol–water partition coefficient (Wildman–Crippen LogP) is 3.08. The van der Waals surface area contributed by atoms with Gasteiger partial charge in [-0.1, -0.05) is 12.1 Å². The molecule has 1 amide bonds. The van der Waals surface area contributed by atoms with Crippen LogP contribution in [0.4, 0.5) is 11.4 Å². The summed E-state index contributed by atoms with van der Waals surface area (Å²) in [5, 5.41) is 6.10. The Bertz CT molecular complexity index is 904. The number of para-hydroxylation sites is 1. The number of hydrogen-bond acceptors (Lipinski definition) is 5. The van der Waals surface area contributed by atoms with Crippen LogP contribution in [0.3, 0.4) is 0 Å². The third-order valence-electron chi connectivity index (χ3n) is 3.61. The summed E-state index contributed by atoms with van der Waals surface area (Å²) in [6.07, 6.45) is 1.04. The van der Waals surface area contributed by atoms with E-state index in [4.69, 9.17) is 4.74 Å². The Hall–Kier alpha value is -2.58. The van der Waals surface area contributed by atoms with Gasteiger partial charge in [-0.3, -0.25) is 9.52 Å². The van der Waals surface area contributed by atoms with Crippen LogP contribution in [0.25, 0.3) is 0 Å². The summed E-state index contributed by atoms with van der Waals surface area (Å²) in [6, 6.07) is 13.4. The summed E-state index contributed by atoms with van der Waals surface area (Å²) >= 11 is 0. The van der Waals surface area contributed by atoms with Gasteiger partial charge in [0.15, 0.2) is 0 Å². The number of amides is 1. The van der Waals surface area contributed by atoms with E-state index in [-0.39, 0.29) is 16.8 Å². The van der Waals surface area contributed by atoms with Crippen molar-refractivity contribution in [2.24, 2.45) is 0 Å². The molecule has 0 radical (unpaired) electrons. The second-order valence-electron chi connectivity index (χ2n) is 7.42. The topological polar surface area (TPSA) is 96.5 Å². The lowest BCUT2D eigenvalue weighted by molar-refractivity contribution is 0.102. The minimum atomic E-state index is -3.48. The lowest BCUT2D eigenvalue weighted by atomic mass is 10.1. The van der Waals surface area contributed by atoms with E-state index >= 15 is 0 Å². The summed E-state index contributed by atoms with van der Waals surface area (Å²) in [6.45, 7) is 7.54. The number of carbonyl (C=O) groups is 1. The summed E-state index contributed by atoms with van der Waals surface area (Å²) in [5.41, 5.74) is 1.09. The van der Waals surface area contributed by atoms with Crippen LogP contribution in [0.15, 0.2) is 48.5 Å². The zero-order chi connectivity index (χ0) is 20.8. The molecule has 0 bridgehead atoms. The second kappa shape index (κ2) is 9.07. The molecular formula is C20H27N3O4S. The standard InChI is InChI=1S/C20H27N3O4S/c1-20(2,3)21-13-14-27-16-11-9-15(10-12-16)22-19(24)17-7-5-6-8-18(17)23-28(4,25)26/h5-12,21,23H,13-14H2,1-4H3,(H,22,24). The predicted molar refractivity (Wildman–Crippen MR) is 113 cm³/mol. The third-order valence-corrected chi connectivity index (χ3v) is 4.20. The van der Waals surface area contributed by atoms with Gasteiger partial charge in [-0.2, -0.15) is 0 Å². The van der Waals surface area contributed by atoms with Gasteiger partial charge in [0.1, 0.15) is 12.4 Å². The van der Waals surface area contributed by atoms with E-state index in [0.717, 1.165) is 12.8 Å². The van der Waals surface area contributed by atoms with Gasteiger partial charge in [-0.15, -0.1) is 0 Å². The fourth-order valence-electron chi connectivity index (χ4n) is 2.40. The van der Waals surface area contributed by atoms with Crippen LogP contribution in [-0.4, -0.2) is 39.3 Å². The number of nitrogens with one attached hydrogen (secondary N) is 3. The van der Waals surface area contributed by atoms with Crippen molar-refractivity contribution in [3.05, 3.63) is 54.1 Å². The Labute approximate surface area is 166 Å². The summed E-state index contributed by atoms with van der Waals surface area (Å²) in [7, 11) is -3.48. The van der Waals surface area contributed by atoms with Gasteiger partial charge in [0.2, 0.25) is 10.0 Å². The van der Waals surface area contributed by atoms with E-state index in [9.17, 15) is 13.2 Å². The van der Waals surface area contributed by atoms with Crippen LogP contribution in [0, 0.1) is 0 Å². The molecular weight excluding hydrogens is 378 g/mol. The average molecular weight is 406 g/mol. The molecule has 28 heavy (non-hydrogen) atoms. The Kier molecular flexibility index (Phi) is 7.04. The Balaban J connectivity index is 1.96. The molecule has 2 aromatic carbocycles. The molecule has 2 rings (SSSR count). The van der Waals surface area contributed by atoms with E-state index in [1.165, 1.54) is 0 Å². The first-order valence-corrected chi connectivity index (χ1v) is 10.8. The van der Waals surface area contributed by atoms with Crippen molar-refractivity contribution in [2.45, 2.75) is 26.3 Å². The van der Waals surface area contributed by atoms with Crippen LogP contribution in [-0.2, 0) is 10.0 Å². The van der Waals surface area contributed by atoms with Gasteiger partial charge in [0.25, 0.3) is 5.91 Å². The van der Waals surface area contributed by atoms with Crippen molar-refractivity contribution in [1.29, 1.82) is 0 Å². The second-order valence-corrected chi connectivity index (χ2v) is 9.17. The van der Waals surface area contributed by atoms with E-state index < -0.39 is 15.9 Å². The number of benzene rings is 2. The highest BCUT2D eigenvalue weighted by Gasteiger charge is 2.14. The smallest absolute Gasteiger partial charge is 0.257 e. The molecule has 7 nitrogen and oxygen atoms in total. The number of ether oxygens (including phenoxy) is 1. The SMILES string of the molecule is CC(C)(C)NCCOc1ccc(NC(=O)c2ccccc2NS(C)(=O)=O)cc1. The number of rotatable bonds is 8. The first kappa shape index (κ1) is 21.7. The van der Waals surface area contributed by atoms with Crippen molar-refractivity contribution in [1.82, 2.24) is 5.32 Å². The van der Waals surface area contributed by atoms with E-state index in [2.05, 4.69) is 36.1 Å². The highest BCUT2D eigenvalue weighted by Crippen LogP contribution is 2.20. The van der Waals surface area contributed by atoms with Crippen LogP contribution >= 0.6 is 0 Å². The summed E-state index contributed by atoms with van der Waals surface area (Å²) < 4.78 is 31.0. The van der Waals surface area contributed by atoms with Crippen LogP contribution < -0.4 is 20.1 Å².